The van der Waals surface area contributed by atoms with E-state index in [9.17, 15) is 14.4 Å². The van der Waals surface area contributed by atoms with Gasteiger partial charge in [0, 0.05) is 26.2 Å². The molecule has 3 amide bonds. The fraction of sp³-hybridized carbons (Fsp3) is 0.550. The lowest BCUT2D eigenvalue weighted by atomic mass is 10.0. The lowest BCUT2D eigenvalue weighted by Crippen LogP contribution is -2.57. The van der Waals surface area contributed by atoms with E-state index < -0.39 is 6.04 Å². The summed E-state index contributed by atoms with van der Waals surface area (Å²) >= 11 is 0. The van der Waals surface area contributed by atoms with Gasteiger partial charge in [-0.05, 0) is 18.4 Å². The molecule has 0 unspecified atom stereocenters. The quantitative estimate of drug-likeness (QED) is 0.820. The number of carbonyl (C=O) groups is 3. The zero-order valence-electron chi connectivity index (χ0n) is 16.3. The van der Waals surface area contributed by atoms with Gasteiger partial charge < -0.3 is 19.9 Å². The van der Waals surface area contributed by atoms with Crippen LogP contribution in [0.15, 0.2) is 30.3 Å². The van der Waals surface area contributed by atoms with Crippen LogP contribution in [0.4, 0.5) is 4.79 Å². The average Bonchev–Trinajstić information content (AvgIpc) is 2.66. The van der Waals surface area contributed by atoms with Crippen LogP contribution < -0.4 is 5.32 Å². The summed E-state index contributed by atoms with van der Waals surface area (Å²) < 4.78 is 5.00. The molecule has 0 bridgehead atoms. The molecular formula is C20H29N3O4. The highest BCUT2D eigenvalue weighted by Crippen LogP contribution is 2.11. The second kappa shape index (κ2) is 9.94. The molecule has 0 radical (unpaired) electrons. The van der Waals surface area contributed by atoms with E-state index in [4.69, 9.17) is 4.74 Å². The molecule has 1 aromatic carbocycles. The highest BCUT2D eigenvalue weighted by Gasteiger charge is 2.31. The molecule has 0 aliphatic carbocycles. The van der Waals surface area contributed by atoms with E-state index in [1.165, 1.54) is 0 Å². The Hall–Kier alpha value is -2.57. The molecule has 1 atom stereocenters. The van der Waals surface area contributed by atoms with Gasteiger partial charge in [0.25, 0.3) is 0 Å². The number of nitrogens with zero attached hydrogens (tertiary/aromatic N) is 2. The van der Waals surface area contributed by atoms with Crippen molar-refractivity contribution < 1.29 is 19.1 Å². The third-order valence-corrected chi connectivity index (χ3v) is 4.57. The van der Waals surface area contributed by atoms with Crippen molar-refractivity contribution in [2.45, 2.75) is 33.2 Å². The highest BCUT2D eigenvalue weighted by atomic mass is 16.6. The van der Waals surface area contributed by atoms with Crippen LogP contribution in [0.3, 0.4) is 0 Å². The van der Waals surface area contributed by atoms with E-state index in [0.717, 1.165) is 5.56 Å². The number of nitrogens with one attached hydrogen (secondary N) is 1. The fourth-order valence-corrected chi connectivity index (χ4v) is 3.04. The van der Waals surface area contributed by atoms with E-state index >= 15 is 0 Å². The lowest BCUT2D eigenvalue weighted by molar-refractivity contribution is -0.139. The van der Waals surface area contributed by atoms with Crippen LogP contribution in [0.2, 0.25) is 0 Å². The standard InChI is InChI=1S/C20H29N3O4/c1-4-27-20(26)23-12-10-22(11-13-23)19(25)18(15(2)3)21-17(24)14-16-8-6-5-7-9-16/h5-9,15,18H,4,10-14H2,1-3H3,(H,21,24)/t18-/m0/s1. The normalized spacial score (nSPS) is 15.4. The monoisotopic (exact) mass is 375 g/mol. The molecule has 1 aliphatic rings. The van der Waals surface area contributed by atoms with Crippen LogP contribution >= 0.6 is 0 Å². The SMILES string of the molecule is CCOC(=O)N1CCN(C(=O)[C@@H](NC(=O)Cc2ccccc2)C(C)C)CC1. The van der Waals surface area contributed by atoms with Gasteiger partial charge in [-0.3, -0.25) is 9.59 Å². The Balaban J connectivity index is 1.91. The van der Waals surface area contributed by atoms with E-state index in [1.807, 2.05) is 44.2 Å². The van der Waals surface area contributed by atoms with Gasteiger partial charge in [0.2, 0.25) is 11.8 Å². The number of rotatable bonds is 6. The minimum absolute atomic E-state index is 0.0275. The first-order chi connectivity index (χ1) is 12.9. The molecule has 0 spiro atoms. The minimum Gasteiger partial charge on any atom is -0.450 e. The summed E-state index contributed by atoms with van der Waals surface area (Å²) in [4.78, 5) is 40.4. The number of hydrogen-bond donors (Lipinski definition) is 1. The molecule has 1 heterocycles. The molecule has 27 heavy (non-hydrogen) atoms. The van der Waals surface area contributed by atoms with Crippen LogP contribution in [-0.2, 0) is 20.7 Å². The predicted octanol–water partition coefficient (Wildman–Crippen LogP) is 1.67. The number of carbonyl (C=O) groups excluding carboxylic acids is 3. The molecule has 1 aliphatic heterocycles. The van der Waals surface area contributed by atoms with Crippen molar-refractivity contribution in [3.63, 3.8) is 0 Å². The fourth-order valence-electron chi connectivity index (χ4n) is 3.04. The van der Waals surface area contributed by atoms with Gasteiger partial charge in [0.05, 0.1) is 13.0 Å². The van der Waals surface area contributed by atoms with Gasteiger partial charge in [-0.15, -0.1) is 0 Å². The Kier molecular flexibility index (Phi) is 7.64. The first kappa shape index (κ1) is 20.7. The van der Waals surface area contributed by atoms with Gasteiger partial charge in [-0.25, -0.2) is 4.79 Å². The van der Waals surface area contributed by atoms with Gasteiger partial charge >= 0.3 is 6.09 Å². The zero-order chi connectivity index (χ0) is 19.8. The van der Waals surface area contributed by atoms with Crippen LogP contribution in [0.25, 0.3) is 0 Å². The molecule has 2 rings (SSSR count). The Morgan fingerprint density at radius 2 is 1.63 bits per heavy atom. The number of benzene rings is 1. The summed E-state index contributed by atoms with van der Waals surface area (Å²) in [6.45, 7) is 7.69. The van der Waals surface area contributed by atoms with E-state index in [0.29, 0.717) is 32.8 Å². The lowest BCUT2D eigenvalue weighted by Gasteiger charge is -2.36. The third-order valence-electron chi connectivity index (χ3n) is 4.57. The number of ether oxygens (including phenoxy) is 1. The van der Waals surface area contributed by atoms with Crippen molar-refractivity contribution in [3.8, 4) is 0 Å². The van der Waals surface area contributed by atoms with Gasteiger partial charge in [0.1, 0.15) is 6.04 Å². The number of piperazine rings is 1. The van der Waals surface area contributed by atoms with Gasteiger partial charge in [0.15, 0.2) is 0 Å². The number of amides is 3. The summed E-state index contributed by atoms with van der Waals surface area (Å²) in [5.41, 5.74) is 0.910. The van der Waals surface area contributed by atoms with Crippen LogP contribution in [0.5, 0.6) is 0 Å². The first-order valence-electron chi connectivity index (χ1n) is 9.46. The van der Waals surface area contributed by atoms with E-state index in [1.54, 1.807) is 16.7 Å². The largest absolute Gasteiger partial charge is 0.450 e. The van der Waals surface area contributed by atoms with Crippen molar-refractivity contribution in [1.29, 1.82) is 0 Å². The van der Waals surface area contributed by atoms with Crippen molar-refractivity contribution in [1.82, 2.24) is 15.1 Å². The summed E-state index contributed by atoms with van der Waals surface area (Å²) in [5, 5.41) is 2.88. The van der Waals surface area contributed by atoms with Crippen LogP contribution in [0, 0.1) is 5.92 Å². The Morgan fingerprint density at radius 1 is 1.04 bits per heavy atom. The molecule has 148 valence electrons. The molecule has 1 N–H and O–H groups in total. The van der Waals surface area contributed by atoms with Crippen molar-refractivity contribution in [2.24, 2.45) is 5.92 Å². The molecule has 1 saturated heterocycles. The van der Waals surface area contributed by atoms with Crippen molar-refractivity contribution in [2.75, 3.05) is 32.8 Å². The molecule has 0 saturated carbocycles. The summed E-state index contributed by atoms with van der Waals surface area (Å²) in [7, 11) is 0. The van der Waals surface area contributed by atoms with Gasteiger partial charge in [-0.2, -0.15) is 0 Å². The second-order valence-electron chi connectivity index (χ2n) is 6.96. The molecule has 0 aromatic heterocycles. The second-order valence-corrected chi connectivity index (χ2v) is 6.96. The average molecular weight is 375 g/mol. The highest BCUT2D eigenvalue weighted by molar-refractivity contribution is 5.88. The van der Waals surface area contributed by atoms with E-state index in [2.05, 4.69) is 5.32 Å². The van der Waals surface area contributed by atoms with E-state index in [-0.39, 0.29) is 30.2 Å². The minimum atomic E-state index is -0.574. The van der Waals surface area contributed by atoms with Crippen molar-refractivity contribution >= 4 is 17.9 Å². The Labute approximate surface area is 160 Å². The molecule has 1 aromatic rings. The summed E-state index contributed by atoms with van der Waals surface area (Å²) in [5.74, 6) is -0.298. The maximum Gasteiger partial charge on any atom is 0.409 e. The van der Waals surface area contributed by atoms with Crippen molar-refractivity contribution in [3.05, 3.63) is 35.9 Å². The first-order valence-corrected chi connectivity index (χ1v) is 9.46. The van der Waals surface area contributed by atoms with Gasteiger partial charge in [-0.1, -0.05) is 44.2 Å². The van der Waals surface area contributed by atoms with Crippen LogP contribution in [0.1, 0.15) is 26.3 Å². The Bertz CT molecular complexity index is 640. The Morgan fingerprint density at radius 3 is 2.19 bits per heavy atom. The smallest absolute Gasteiger partial charge is 0.409 e. The molecule has 7 heteroatoms. The summed E-state index contributed by atoms with van der Waals surface area (Å²) in [6.07, 6.45) is -0.102. The molecule has 1 fully saturated rings. The molecular weight excluding hydrogens is 346 g/mol. The number of hydrogen-bond acceptors (Lipinski definition) is 4. The van der Waals surface area contributed by atoms with Crippen LogP contribution in [-0.4, -0.2) is 66.5 Å². The maximum atomic E-state index is 12.9. The summed E-state index contributed by atoms with van der Waals surface area (Å²) in [6, 6.07) is 8.88. The molecule has 7 nitrogen and oxygen atoms in total. The third kappa shape index (κ3) is 5.98. The zero-order valence-corrected chi connectivity index (χ0v) is 16.3. The predicted molar refractivity (Wildman–Crippen MR) is 102 cm³/mol. The topological polar surface area (TPSA) is 79.0 Å². The maximum absolute atomic E-state index is 12.9.